The molecule has 1 spiro atoms. The Labute approximate surface area is 126 Å². The summed E-state index contributed by atoms with van der Waals surface area (Å²) in [6, 6.07) is 1.92. The van der Waals surface area contributed by atoms with Gasteiger partial charge in [0.05, 0.1) is 11.5 Å². The van der Waals surface area contributed by atoms with Crippen LogP contribution in [0.2, 0.25) is 0 Å². The van der Waals surface area contributed by atoms with E-state index in [1.165, 1.54) is 4.90 Å². The summed E-state index contributed by atoms with van der Waals surface area (Å²) in [6.07, 6.45) is 3.54. The molecule has 0 aromatic heterocycles. The van der Waals surface area contributed by atoms with E-state index in [-0.39, 0.29) is 23.8 Å². The highest BCUT2D eigenvalue weighted by molar-refractivity contribution is 6.07. The van der Waals surface area contributed by atoms with Gasteiger partial charge >= 0.3 is 6.03 Å². The Kier molecular flexibility index (Phi) is 4.01. The summed E-state index contributed by atoms with van der Waals surface area (Å²) in [5.74, 6) is 0.222. The third-order valence-corrected chi connectivity index (χ3v) is 5.25. The van der Waals surface area contributed by atoms with E-state index in [1.807, 2.05) is 13.8 Å². The van der Waals surface area contributed by atoms with Gasteiger partial charge < -0.3 is 5.32 Å². The summed E-state index contributed by atoms with van der Waals surface area (Å²) in [5.41, 5.74) is -1.26. The lowest BCUT2D eigenvalue weighted by atomic mass is 9.67. The molecule has 0 aromatic carbocycles. The van der Waals surface area contributed by atoms with Gasteiger partial charge in [0.1, 0.15) is 5.54 Å². The number of carbonyl (C=O) groups is 2. The topological polar surface area (TPSA) is 73.2 Å². The Bertz CT molecular complexity index is 482. The summed E-state index contributed by atoms with van der Waals surface area (Å²) in [5, 5.41) is 12.0. The number of nitrogens with zero attached hydrogens (tertiary/aromatic N) is 2. The first-order valence-electron chi connectivity index (χ1n) is 7.80. The molecule has 1 saturated carbocycles. The number of hydrogen-bond donors (Lipinski definition) is 1. The Morgan fingerprint density at radius 3 is 2.43 bits per heavy atom. The summed E-state index contributed by atoms with van der Waals surface area (Å²) >= 11 is 0. The lowest BCUT2D eigenvalue weighted by molar-refractivity contribution is -0.136. The van der Waals surface area contributed by atoms with Crippen LogP contribution in [0.15, 0.2) is 0 Å². The maximum absolute atomic E-state index is 12.9. The molecule has 2 aliphatic rings. The number of nitrogens with one attached hydrogen (secondary N) is 1. The van der Waals surface area contributed by atoms with Crippen molar-refractivity contribution in [1.82, 2.24) is 10.2 Å². The van der Waals surface area contributed by atoms with Gasteiger partial charge in [-0.1, -0.05) is 20.3 Å². The Morgan fingerprint density at radius 1 is 1.33 bits per heavy atom. The minimum absolute atomic E-state index is 0.0964. The minimum Gasteiger partial charge on any atom is -0.323 e. The first-order valence-corrected chi connectivity index (χ1v) is 7.80. The molecule has 2 rings (SSSR count). The van der Waals surface area contributed by atoms with Gasteiger partial charge in [-0.25, -0.2) is 4.79 Å². The maximum atomic E-state index is 12.9. The number of carbonyl (C=O) groups excluding carboxylic acids is 2. The zero-order valence-electron chi connectivity index (χ0n) is 13.4. The molecule has 2 atom stereocenters. The monoisotopic (exact) mass is 291 g/mol. The minimum atomic E-state index is -0.730. The van der Waals surface area contributed by atoms with Crippen LogP contribution in [0, 0.1) is 28.6 Å². The molecule has 0 radical (unpaired) electrons. The lowest BCUT2D eigenvalue weighted by Gasteiger charge is -2.42. The van der Waals surface area contributed by atoms with E-state index in [0.717, 1.165) is 19.3 Å². The highest BCUT2D eigenvalue weighted by Gasteiger charge is 2.58. The van der Waals surface area contributed by atoms with Gasteiger partial charge in [0.25, 0.3) is 5.91 Å². The summed E-state index contributed by atoms with van der Waals surface area (Å²) in [6.45, 7) is 8.07. The molecule has 5 heteroatoms. The van der Waals surface area contributed by atoms with Gasteiger partial charge in [0.2, 0.25) is 0 Å². The Balaban J connectivity index is 2.18. The quantitative estimate of drug-likeness (QED) is 0.812. The van der Waals surface area contributed by atoms with Crippen LogP contribution in [0.1, 0.15) is 53.4 Å². The molecule has 0 bridgehead atoms. The second-order valence-corrected chi connectivity index (χ2v) is 7.23. The Morgan fingerprint density at radius 2 is 1.90 bits per heavy atom. The zero-order valence-corrected chi connectivity index (χ0v) is 13.4. The second kappa shape index (κ2) is 5.32. The molecule has 1 aliphatic carbocycles. The number of imide groups is 1. The molecule has 2 fully saturated rings. The number of nitriles is 1. The van der Waals surface area contributed by atoms with Crippen molar-refractivity contribution in [3.8, 4) is 6.07 Å². The van der Waals surface area contributed by atoms with E-state index in [2.05, 4.69) is 25.2 Å². The molecular weight excluding hydrogens is 266 g/mol. The third-order valence-electron chi connectivity index (χ3n) is 5.25. The van der Waals surface area contributed by atoms with Crippen LogP contribution in [-0.2, 0) is 4.79 Å². The molecule has 1 heterocycles. The predicted molar refractivity (Wildman–Crippen MR) is 79.2 cm³/mol. The van der Waals surface area contributed by atoms with E-state index >= 15 is 0 Å². The van der Waals surface area contributed by atoms with Crippen molar-refractivity contribution >= 4 is 11.9 Å². The van der Waals surface area contributed by atoms with Crippen molar-refractivity contribution in [2.75, 3.05) is 6.54 Å². The molecule has 1 aliphatic heterocycles. The van der Waals surface area contributed by atoms with Gasteiger partial charge in [-0.05, 0) is 44.9 Å². The van der Waals surface area contributed by atoms with E-state index in [9.17, 15) is 9.59 Å². The lowest BCUT2D eigenvalue weighted by Crippen LogP contribution is -2.58. The van der Waals surface area contributed by atoms with Crippen LogP contribution >= 0.6 is 0 Å². The number of hydrogen-bond acceptors (Lipinski definition) is 3. The predicted octanol–water partition coefficient (Wildman–Crippen LogP) is 2.67. The Hall–Kier alpha value is -1.57. The number of amides is 3. The van der Waals surface area contributed by atoms with Crippen LogP contribution in [0.4, 0.5) is 4.79 Å². The first-order chi connectivity index (χ1) is 9.74. The van der Waals surface area contributed by atoms with E-state index in [4.69, 9.17) is 5.26 Å². The SMILES string of the molecule is CC1CCCC(C)C12NC(=O)N(CCC(C)(C)C#N)C2=O. The van der Waals surface area contributed by atoms with Gasteiger partial charge in [-0.15, -0.1) is 0 Å². The molecular formula is C16H25N3O2. The smallest absolute Gasteiger partial charge is 0.323 e. The van der Waals surface area contributed by atoms with Crippen LogP contribution in [0.25, 0.3) is 0 Å². The molecule has 5 nitrogen and oxygen atoms in total. The third kappa shape index (κ3) is 2.52. The zero-order chi connectivity index (χ0) is 15.8. The van der Waals surface area contributed by atoms with E-state index in [0.29, 0.717) is 13.0 Å². The average Bonchev–Trinajstić information content (AvgIpc) is 2.67. The van der Waals surface area contributed by atoms with E-state index < -0.39 is 11.0 Å². The summed E-state index contributed by atoms with van der Waals surface area (Å²) in [4.78, 5) is 26.5. The van der Waals surface area contributed by atoms with Gasteiger partial charge in [-0.3, -0.25) is 9.69 Å². The number of rotatable bonds is 3. The van der Waals surface area contributed by atoms with E-state index in [1.54, 1.807) is 0 Å². The summed E-state index contributed by atoms with van der Waals surface area (Å²) in [7, 11) is 0. The summed E-state index contributed by atoms with van der Waals surface area (Å²) < 4.78 is 0. The van der Waals surface area contributed by atoms with Crippen LogP contribution in [0.5, 0.6) is 0 Å². The van der Waals surface area contributed by atoms with Crippen molar-refractivity contribution in [1.29, 1.82) is 5.26 Å². The van der Waals surface area contributed by atoms with Gasteiger partial charge in [0.15, 0.2) is 0 Å². The first kappa shape index (κ1) is 15.8. The van der Waals surface area contributed by atoms with Crippen molar-refractivity contribution in [3.63, 3.8) is 0 Å². The molecule has 2 unspecified atom stereocenters. The van der Waals surface area contributed by atoms with Crippen molar-refractivity contribution < 1.29 is 9.59 Å². The maximum Gasteiger partial charge on any atom is 0.325 e. The second-order valence-electron chi connectivity index (χ2n) is 7.23. The fourth-order valence-corrected chi connectivity index (χ4v) is 3.60. The fourth-order valence-electron chi connectivity index (χ4n) is 3.60. The fraction of sp³-hybridized carbons (Fsp3) is 0.812. The molecule has 1 N–H and O–H groups in total. The average molecular weight is 291 g/mol. The van der Waals surface area contributed by atoms with Crippen molar-refractivity contribution in [2.45, 2.75) is 58.9 Å². The molecule has 116 valence electrons. The number of urea groups is 1. The van der Waals surface area contributed by atoms with Crippen LogP contribution < -0.4 is 5.32 Å². The van der Waals surface area contributed by atoms with Crippen molar-refractivity contribution in [2.24, 2.45) is 17.3 Å². The highest BCUT2D eigenvalue weighted by Crippen LogP contribution is 2.42. The molecule has 21 heavy (non-hydrogen) atoms. The molecule has 0 aromatic rings. The largest absolute Gasteiger partial charge is 0.325 e. The standard InChI is InChI=1S/C16H25N3O2/c1-11-6-5-7-12(2)16(11)13(20)19(14(21)18-16)9-8-15(3,4)10-17/h11-12H,5-9H2,1-4H3,(H,18,21). The molecule has 3 amide bonds. The highest BCUT2D eigenvalue weighted by atomic mass is 16.2. The van der Waals surface area contributed by atoms with Gasteiger partial charge in [0, 0.05) is 6.54 Å². The van der Waals surface area contributed by atoms with Gasteiger partial charge in [-0.2, -0.15) is 5.26 Å². The van der Waals surface area contributed by atoms with Crippen molar-refractivity contribution in [3.05, 3.63) is 0 Å². The normalized spacial score (nSPS) is 33.2. The van der Waals surface area contributed by atoms with Crippen LogP contribution in [-0.4, -0.2) is 28.9 Å². The molecule has 1 saturated heterocycles. The van der Waals surface area contributed by atoms with Crippen LogP contribution in [0.3, 0.4) is 0 Å².